The Morgan fingerprint density at radius 2 is 1.42 bits per heavy atom. The van der Waals surface area contributed by atoms with Crippen molar-refractivity contribution in [2.45, 2.75) is 65.7 Å². The topological polar surface area (TPSA) is 29.5 Å². The maximum atomic E-state index is 10.6. The zero-order valence-electron chi connectivity index (χ0n) is 13.4. The molecule has 0 heterocycles. The smallest absolute Gasteiger partial charge is 0.164 e. The predicted octanol–water partition coefficient (Wildman–Crippen LogP) is 4.78. The summed E-state index contributed by atoms with van der Waals surface area (Å²) in [5.41, 5.74) is 1.86. The number of rotatable bonds is 3. The molecule has 0 aliphatic rings. The molecule has 1 N–H and O–H groups in total. The minimum Gasteiger partial charge on any atom is -0.504 e. The molecule has 0 spiro atoms. The van der Waals surface area contributed by atoms with Gasteiger partial charge in [0.05, 0.1) is 6.61 Å². The van der Waals surface area contributed by atoms with E-state index in [2.05, 4.69) is 54.5 Å². The molecule has 0 saturated carbocycles. The third-order valence-corrected chi connectivity index (χ3v) is 3.20. The fourth-order valence-corrected chi connectivity index (χ4v) is 2.12. The van der Waals surface area contributed by atoms with Crippen LogP contribution in [0.2, 0.25) is 0 Å². The van der Waals surface area contributed by atoms with Gasteiger partial charge in [0.15, 0.2) is 11.5 Å². The van der Waals surface area contributed by atoms with E-state index in [1.807, 2.05) is 6.07 Å². The highest BCUT2D eigenvalue weighted by atomic mass is 16.5. The molecule has 0 aliphatic heterocycles. The minimum atomic E-state index is -0.0924. The van der Waals surface area contributed by atoms with Crippen LogP contribution in [-0.4, -0.2) is 11.7 Å². The van der Waals surface area contributed by atoms with E-state index < -0.39 is 0 Å². The van der Waals surface area contributed by atoms with Crippen LogP contribution >= 0.6 is 0 Å². The van der Waals surface area contributed by atoms with Crippen molar-refractivity contribution in [3.63, 3.8) is 0 Å². The Labute approximate surface area is 117 Å². The van der Waals surface area contributed by atoms with Crippen LogP contribution in [0.1, 0.15) is 66.0 Å². The van der Waals surface area contributed by atoms with E-state index in [9.17, 15) is 5.11 Å². The Bertz CT molecular complexity index is 434. The van der Waals surface area contributed by atoms with Gasteiger partial charge in [-0.25, -0.2) is 0 Å². The van der Waals surface area contributed by atoms with Gasteiger partial charge < -0.3 is 9.84 Å². The van der Waals surface area contributed by atoms with Gasteiger partial charge in [-0.15, -0.1) is 0 Å². The van der Waals surface area contributed by atoms with Gasteiger partial charge in [-0.05, 0) is 17.3 Å². The van der Waals surface area contributed by atoms with Crippen molar-refractivity contribution in [1.82, 2.24) is 0 Å². The molecule has 108 valence electrons. The normalized spacial score (nSPS) is 12.6. The van der Waals surface area contributed by atoms with Gasteiger partial charge in [0, 0.05) is 11.1 Å². The lowest BCUT2D eigenvalue weighted by Gasteiger charge is -2.28. The van der Waals surface area contributed by atoms with Crippen LogP contribution < -0.4 is 4.74 Å². The Hall–Kier alpha value is -1.18. The van der Waals surface area contributed by atoms with Crippen molar-refractivity contribution < 1.29 is 9.84 Å². The van der Waals surface area contributed by atoms with Crippen molar-refractivity contribution in [2.75, 3.05) is 6.61 Å². The maximum absolute atomic E-state index is 10.6. The lowest BCUT2D eigenvalue weighted by Crippen LogP contribution is -2.17. The van der Waals surface area contributed by atoms with Crippen LogP contribution in [0.4, 0.5) is 0 Å². The highest BCUT2D eigenvalue weighted by Gasteiger charge is 2.27. The van der Waals surface area contributed by atoms with Crippen molar-refractivity contribution in [3.05, 3.63) is 23.3 Å². The van der Waals surface area contributed by atoms with E-state index in [0.29, 0.717) is 18.1 Å². The standard InChI is InChI=1S/C17H28O2/c1-8-11-19-15-13(17(5,6)7)10-9-12(14(15)18)16(2,3)4/h9-10,18H,8,11H2,1-7H3. The van der Waals surface area contributed by atoms with Gasteiger partial charge in [0.1, 0.15) is 0 Å². The number of phenols is 1. The van der Waals surface area contributed by atoms with Crippen molar-refractivity contribution in [2.24, 2.45) is 0 Å². The lowest BCUT2D eigenvalue weighted by atomic mass is 9.81. The van der Waals surface area contributed by atoms with Crippen LogP contribution in [0.3, 0.4) is 0 Å². The highest BCUT2D eigenvalue weighted by molar-refractivity contribution is 5.55. The van der Waals surface area contributed by atoms with E-state index in [0.717, 1.165) is 17.5 Å². The van der Waals surface area contributed by atoms with Gasteiger partial charge in [0.25, 0.3) is 0 Å². The first-order valence-electron chi connectivity index (χ1n) is 7.08. The number of aromatic hydroxyl groups is 1. The molecule has 0 aliphatic carbocycles. The summed E-state index contributed by atoms with van der Waals surface area (Å²) < 4.78 is 5.83. The van der Waals surface area contributed by atoms with Gasteiger partial charge in [-0.2, -0.15) is 0 Å². The second-order valence-corrected chi connectivity index (χ2v) is 7.19. The average Bonchev–Trinajstić information content (AvgIpc) is 2.23. The lowest BCUT2D eigenvalue weighted by molar-refractivity contribution is 0.287. The second kappa shape index (κ2) is 5.44. The molecule has 0 atom stereocenters. The van der Waals surface area contributed by atoms with Crippen molar-refractivity contribution in [3.8, 4) is 11.5 Å². The molecule has 0 radical (unpaired) electrons. The van der Waals surface area contributed by atoms with E-state index in [4.69, 9.17) is 4.74 Å². The first-order chi connectivity index (χ1) is 8.59. The first kappa shape index (κ1) is 15.9. The largest absolute Gasteiger partial charge is 0.504 e. The van der Waals surface area contributed by atoms with E-state index >= 15 is 0 Å². The number of ether oxygens (including phenoxy) is 1. The second-order valence-electron chi connectivity index (χ2n) is 7.19. The minimum absolute atomic E-state index is 0.0447. The number of hydrogen-bond acceptors (Lipinski definition) is 2. The fraction of sp³-hybridized carbons (Fsp3) is 0.647. The summed E-state index contributed by atoms with van der Waals surface area (Å²) in [5.74, 6) is 0.954. The highest BCUT2D eigenvalue weighted by Crippen LogP contribution is 2.43. The molecule has 0 fully saturated rings. The van der Waals surface area contributed by atoms with Crippen LogP contribution in [0.15, 0.2) is 12.1 Å². The summed E-state index contributed by atoms with van der Waals surface area (Å²) in [5, 5.41) is 10.6. The molecule has 2 heteroatoms. The zero-order valence-corrected chi connectivity index (χ0v) is 13.4. The van der Waals surface area contributed by atoms with E-state index in [1.165, 1.54) is 0 Å². The number of phenolic OH excluding ortho intramolecular Hbond substituents is 1. The third-order valence-electron chi connectivity index (χ3n) is 3.20. The average molecular weight is 264 g/mol. The summed E-state index contributed by atoms with van der Waals surface area (Å²) in [7, 11) is 0. The van der Waals surface area contributed by atoms with Gasteiger partial charge in [0.2, 0.25) is 0 Å². The van der Waals surface area contributed by atoms with E-state index in [1.54, 1.807) is 0 Å². The Kier molecular flexibility index (Phi) is 4.54. The Balaban J connectivity index is 3.41. The van der Waals surface area contributed by atoms with Crippen LogP contribution in [0.5, 0.6) is 11.5 Å². The predicted molar refractivity (Wildman–Crippen MR) is 81.3 cm³/mol. The summed E-state index contributed by atoms with van der Waals surface area (Å²) in [4.78, 5) is 0. The van der Waals surface area contributed by atoms with Crippen molar-refractivity contribution >= 4 is 0 Å². The van der Waals surface area contributed by atoms with Crippen molar-refractivity contribution in [1.29, 1.82) is 0 Å². The van der Waals surface area contributed by atoms with Gasteiger partial charge in [-0.3, -0.25) is 0 Å². The van der Waals surface area contributed by atoms with Gasteiger partial charge >= 0.3 is 0 Å². The van der Waals surface area contributed by atoms with Crippen LogP contribution in [0.25, 0.3) is 0 Å². The summed E-state index contributed by atoms with van der Waals surface area (Å²) in [6.45, 7) is 15.4. The molecule has 1 aromatic rings. The molecule has 1 rings (SSSR count). The molecular formula is C17H28O2. The molecular weight excluding hydrogens is 236 g/mol. The summed E-state index contributed by atoms with van der Waals surface area (Å²) >= 11 is 0. The first-order valence-corrected chi connectivity index (χ1v) is 7.08. The Morgan fingerprint density at radius 1 is 0.947 bits per heavy atom. The molecule has 0 aromatic heterocycles. The zero-order chi connectivity index (χ0) is 14.8. The molecule has 0 saturated heterocycles. The Morgan fingerprint density at radius 3 is 1.84 bits per heavy atom. The van der Waals surface area contributed by atoms with Crippen LogP contribution in [-0.2, 0) is 10.8 Å². The van der Waals surface area contributed by atoms with Crippen LogP contribution in [0, 0.1) is 0 Å². The fourth-order valence-electron chi connectivity index (χ4n) is 2.12. The molecule has 2 nitrogen and oxygen atoms in total. The van der Waals surface area contributed by atoms with Gasteiger partial charge in [-0.1, -0.05) is 60.6 Å². The SMILES string of the molecule is CCCOc1c(C(C)(C)C)ccc(C(C)(C)C)c1O. The molecule has 0 amide bonds. The molecule has 0 bridgehead atoms. The summed E-state index contributed by atoms with van der Waals surface area (Å²) in [6.07, 6.45) is 0.933. The quantitative estimate of drug-likeness (QED) is 0.851. The number of hydrogen-bond donors (Lipinski definition) is 1. The third kappa shape index (κ3) is 3.65. The van der Waals surface area contributed by atoms with E-state index in [-0.39, 0.29) is 10.8 Å². The maximum Gasteiger partial charge on any atom is 0.164 e. The summed E-state index contributed by atoms with van der Waals surface area (Å²) in [6, 6.07) is 4.11. The number of benzene rings is 1. The molecule has 1 aromatic carbocycles. The molecule has 0 unspecified atom stereocenters. The monoisotopic (exact) mass is 264 g/mol. The molecule has 19 heavy (non-hydrogen) atoms.